The Morgan fingerprint density at radius 1 is 1.00 bits per heavy atom. The Morgan fingerprint density at radius 2 is 1.77 bits per heavy atom. The summed E-state index contributed by atoms with van der Waals surface area (Å²) in [5, 5.41) is 3.99. The molecule has 1 N–H and O–H groups in total. The molecule has 0 unspecified atom stereocenters. The van der Waals surface area contributed by atoms with Gasteiger partial charge < -0.3 is 4.74 Å². The number of hydrazone groups is 1. The minimum absolute atomic E-state index is 0.259. The van der Waals surface area contributed by atoms with Gasteiger partial charge in [0, 0.05) is 10.0 Å². The molecule has 0 aromatic heterocycles. The first-order chi connectivity index (χ1) is 12.7. The zero-order valence-corrected chi connectivity index (χ0v) is 15.5. The molecule has 26 heavy (non-hydrogen) atoms. The van der Waals surface area contributed by atoms with Gasteiger partial charge in [-0.15, -0.1) is 0 Å². The average Bonchev–Trinajstić information content (AvgIpc) is 2.68. The van der Waals surface area contributed by atoms with E-state index in [4.69, 9.17) is 4.74 Å². The summed E-state index contributed by atoms with van der Waals surface area (Å²) in [7, 11) is 0. The summed E-state index contributed by atoms with van der Waals surface area (Å²) in [5.74, 6) is 0.523. The van der Waals surface area contributed by atoms with Crippen molar-refractivity contribution in [1.82, 2.24) is 5.43 Å². The molecule has 5 heteroatoms. The van der Waals surface area contributed by atoms with Crippen LogP contribution in [0.2, 0.25) is 0 Å². The normalized spacial score (nSPS) is 10.7. The number of ether oxygens (including phenoxy) is 1. The van der Waals surface area contributed by atoms with Gasteiger partial charge in [0.1, 0.15) is 12.4 Å². The van der Waals surface area contributed by atoms with Crippen LogP contribution in [-0.4, -0.2) is 12.1 Å². The second kappa shape index (κ2) is 8.97. The number of amides is 1. The largest absolute Gasteiger partial charge is 0.489 e. The molecule has 0 spiro atoms. The Balaban J connectivity index is 1.52. The van der Waals surface area contributed by atoms with E-state index in [9.17, 15) is 4.79 Å². The van der Waals surface area contributed by atoms with Gasteiger partial charge in [-0.1, -0.05) is 52.3 Å². The third-order valence-electron chi connectivity index (χ3n) is 3.59. The second-order valence-electron chi connectivity index (χ2n) is 5.55. The van der Waals surface area contributed by atoms with Crippen LogP contribution in [0.25, 0.3) is 0 Å². The molecule has 3 rings (SSSR count). The van der Waals surface area contributed by atoms with E-state index < -0.39 is 0 Å². The molecule has 130 valence electrons. The summed E-state index contributed by atoms with van der Waals surface area (Å²) in [6, 6.07) is 24.7. The Hall–Kier alpha value is -2.92. The first-order valence-electron chi connectivity index (χ1n) is 8.06. The average molecular weight is 409 g/mol. The van der Waals surface area contributed by atoms with Gasteiger partial charge in [-0.3, -0.25) is 4.79 Å². The van der Waals surface area contributed by atoms with E-state index in [-0.39, 0.29) is 5.91 Å². The summed E-state index contributed by atoms with van der Waals surface area (Å²) in [5.41, 5.74) is 5.04. The standard InChI is InChI=1S/C21H17BrN2O2/c22-19-8-4-7-18(13-19)21(25)24-23-14-16-9-11-20(12-10-16)26-15-17-5-2-1-3-6-17/h1-14H,15H2,(H,24,25). The number of halogens is 1. The molecule has 0 saturated heterocycles. The minimum atomic E-state index is -0.259. The predicted molar refractivity (Wildman–Crippen MR) is 106 cm³/mol. The summed E-state index contributed by atoms with van der Waals surface area (Å²) < 4.78 is 6.59. The smallest absolute Gasteiger partial charge is 0.271 e. The first-order valence-corrected chi connectivity index (χ1v) is 8.86. The van der Waals surface area contributed by atoms with Crippen LogP contribution >= 0.6 is 15.9 Å². The van der Waals surface area contributed by atoms with E-state index in [1.54, 1.807) is 24.4 Å². The number of carbonyl (C=O) groups excluding carboxylic acids is 1. The summed E-state index contributed by atoms with van der Waals surface area (Å²) in [6.07, 6.45) is 1.59. The van der Waals surface area contributed by atoms with Gasteiger partial charge in [0.05, 0.1) is 6.21 Å². The highest BCUT2D eigenvalue weighted by molar-refractivity contribution is 9.10. The van der Waals surface area contributed by atoms with Gasteiger partial charge in [0.2, 0.25) is 0 Å². The topological polar surface area (TPSA) is 50.7 Å². The van der Waals surface area contributed by atoms with Crippen molar-refractivity contribution in [3.8, 4) is 5.75 Å². The number of nitrogens with zero attached hydrogens (tertiary/aromatic N) is 1. The van der Waals surface area contributed by atoms with Crippen molar-refractivity contribution < 1.29 is 9.53 Å². The second-order valence-corrected chi connectivity index (χ2v) is 6.47. The van der Waals surface area contributed by atoms with Crippen molar-refractivity contribution in [3.05, 3.63) is 100 Å². The van der Waals surface area contributed by atoms with E-state index >= 15 is 0 Å². The number of carbonyl (C=O) groups is 1. The summed E-state index contributed by atoms with van der Waals surface area (Å²) >= 11 is 3.34. The van der Waals surface area contributed by atoms with Crippen LogP contribution < -0.4 is 10.2 Å². The third kappa shape index (κ3) is 5.29. The summed E-state index contributed by atoms with van der Waals surface area (Å²) in [4.78, 5) is 12.0. The van der Waals surface area contributed by atoms with E-state index in [0.29, 0.717) is 12.2 Å². The lowest BCUT2D eigenvalue weighted by Crippen LogP contribution is -2.17. The maximum Gasteiger partial charge on any atom is 0.271 e. The lowest BCUT2D eigenvalue weighted by atomic mass is 10.2. The first kappa shape index (κ1) is 17.9. The van der Waals surface area contributed by atoms with Gasteiger partial charge in [0.25, 0.3) is 5.91 Å². The van der Waals surface area contributed by atoms with E-state index in [1.807, 2.05) is 60.7 Å². The van der Waals surface area contributed by atoms with Gasteiger partial charge in [-0.2, -0.15) is 5.10 Å². The molecular formula is C21H17BrN2O2. The Labute approximate surface area is 160 Å². The highest BCUT2D eigenvalue weighted by Crippen LogP contribution is 2.14. The Kier molecular flexibility index (Phi) is 6.17. The molecule has 3 aromatic carbocycles. The molecule has 0 aliphatic rings. The quantitative estimate of drug-likeness (QED) is 0.470. The summed E-state index contributed by atoms with van der Waals surface area (Å²) in [6.45, 7) is 0.525. The molecule has 0 saturated carbocycles. The SMILES string of the molecule is O=C(NN=Cc1ccc(OCc2ccccc2)cc1)c1cccc(Br)c1. The number of hydrogen-bond acceptors (Lipinski definition) is 3. The number of hydrogen-bond donors (Lipinski definition) is 1. The zero-order valence-electron chi connectivity index (χ0n) is 13.9. The van der Waals surface area contributed by atoms with Crippen LogP contribution in [0.5, 0.6) is 5.75 Å². The van der Waals surface area contributed by atoms with E-state index in [2.05, 4.69) is 26.5 Å². The fraction of sp³-hybridized carbons (Fsp3) is 0.0476. The number of nitrogens with one attached hydrogen (secondary N) is 1. The van der Waals surface area contributed by atoms with Crippen molar-refractivity contribution in [2.45, 2.75) is 6.61 Å². The monoisotopic (exact) mass is 408 g/mol. The maximum absolute atomic E-state index is 12.0. The van der Waals surface area contributed by atoms with Crippen LogP contribution in [0.4, 0.5) is 0 Å². The molecule has 0 radical (unpaired) electrons. The van der Waals surface area contributed by atoms with Gasteiger partial charge in [0.15, 0.2) is 0 Å². The zero-order chi connectivity index (χ0) is 18.2. The van der Waals surface area contributed by atoms with Crippen molar-refractivity contribution in [1.29, 1.82) is 0 Å². The van der Waals surface area contributed by atoms with Crippen molar-refractivity contribution in [3.63, 3.8) is 0 Å². The highest BCUT2D eigenvalue weighted by atomic mass is 79.9. The molecule has 3 aromatic rings. The van der Waals surface area contributed by atoms with Crippen molar-refractivity contribution in [2.75, 3.05) is 0 Å². The van der Waals surface area contributed by atoms with E-state index in [0.717, 1.165) is 21.3 Å². The van der Waals surface area contributed by atoms with Crippen LogP contribution in [0.1, 0.15) is 21.5 Å². The molecule has 4 nitrogen and oxygen atoms in total. The lowest BCUT2D eigenvalue weighted by molar-refractivity contribution is 0.0955. The third-order valence-corrected chi connectivity index (χ3v) is 4.09. The molecule has 0 fully saturated rings. The molecule has 0 bridgehead atoms. The maximum atomic E-state index is 12.0. The van der Waals surface area contributed by atoms with Crippen LogP contribution in [0.3, 0.4) is 0 Å². The number of benzene rings is 3. The van der Waals surface area contributed by atoms with Crippen LogP contribution in [-0.2, 0) is 6.61 Å². The fourth-order valence-corrected chi connectivity index (χ4v) is 2.65. The van der Waals surface area contributed by atoms with Gasteiger partial charge in [-0.25, -0.2) is 5.43 Å². The molecule has 0 aliphatic heterocycles. The molecular weight excluding hydrogens is 392 g/mol. The number of rotatable bonds is 6. The predicted octanol–water partition coefficient (Wildman–Crippen LogP) is 4.79. The van der Waals surface area contributed by atoms with E-state index in [1.165, 1.54) is 0 Å². The van der Waals surface area contributed by atoms with Crippen molar-refractivity contribution >= 4 is 28.1 Å². The molecule has 0 atom stereocenters. The lowest BCUT2D eigenvalue weighted by Gasteiger charge is -2.06. The Morgan fingerprint density at radius 3 is 2.50 bits per heavy atom. The Bertz CT molecular complexity index is 893. The van der Waals surface area contributed by atoms with Crippen LogP contribution in [0.15, 0.2) is 88.4 Å². The highest BCUT2D eigenvalue weighted by Gasteiger charge is 2.03. The van der Waals surface area contributed by atoms with Crippen LogP contribution in [0, 0.1) is 0 Å². The molecule has 0 aliphatic carbocycles. The van der Waals surface area contributed by atoms with Crippen molar-refractivity contribution in [2.24, 2.45) is 5.10 Å². The molecule has 0 heterocycles. The fourth-order valence-electron chi connectivity index (χ4n) is 2.25. The van der Waals surface area contributed by atoms with Gasteiger partial charge >= 0.3 is 0 Å². The van der Waals surface area contributed by atoms with Gasteiger partial charge in [-0.05, 0) is 53.6 Å². The molecule has 1 amide bonds. The minimum Gasteiger partial charge on any atom is -0.489 e.